The maximum Gasteiger partial charge on any atom is 0.158 e. The minimum atomic E-state index is -0.184. The fourth-order valence-corrected chi connectivity index (χ4v) is 3.86. The van der Waals surface area contributed by atoms with Crippen LogP contribution in [0.25, 0.3) is 0 Å². The second-order valence-corrected chi connectivity index (χ2v) is 7.45. The van der Waals surface area contributed by atoms with E-state index in [1.54, 1.807) is 0 Å². The summed E-state index contributed by atoms with van der Waals surface area (Å²) in [6.45, 7) is 4.74. The average molecular weight is 376 g/mol. The summed E-state index contributed by atoms with van der Waals surface area (Å²) in [6, 6.07) is 8.05. The van der Waals surface area contributed by atoms with E-state index in [1.807, 2.05) is 18.2 Å². The van der Waals surface area contributed by atoms with Crippen LogP contribution in [0.3, 0.4) is 0 Å². The molecule has 0 bridgehead atoms. The largest absolute Gasteiger partial charge is 0.492 e. The molecule has 3 rings (SSSR count). The Morgan fingerprint density at radius 1 is 1.15 bits per heavy atom. The van der Waals surface area contributed by atoms with Gasteiger partial charge >= 0.3 is 0 Å². The van der Waals surface area contributed by atoms with Crippen molar-refractivity contribution in [3.63, 3.8) is 0 Å². The van der Waals surface area contributed by atoms with Gasteiger partial charge in [0, 0.05) is 25.1 Å². The van der Waals surface area contributed by atoms with Crippen LogP contribution in [0.4, 0.5) is 0 Å². The van der Waals surface area contributed by atoms with Crippen molar-refractivity contribution in [2.75, 3.05) is 32.8 Å². The topological polar surface area (TPSA) is 48.0 Å². The molecule has 2 atom stereocenters. The van der Waals surface area contributed by atoms with E-state index >= 15 is 0 Å². The fourth-order valence-electron chi connectivity index (χ4n) is 3.86. The first-order valence-corrected chi connectivity index (χ1v) is 10.5. The summed E-state index contributed by atoms with van der Waals surface area (Å²) in [5.41, 5.74) is 1.02. The van der Waals surface area contributed by atoms with Crippen LogP contribution >= 0.6 is 0 Å². The molecule has 0 N–H and O–H groups in total. The van der Waals surface area contributed by atoms with Crippen LogP contribution in [-0.2, 0) is 14.3 Å². The summed E-state index contributed by atoms with van der Waals surface area (Å²) in [5.74, 6) is 0.862. The Labute approximate surface area is 163 Å². The van der Waals surface area contributed by atoms with Gasteiger partial charge in [-0.05, 0) is 57.7 Å². The van der Waals surface area contributed by atoms with Crippen LogP contribution in [0.1, 0.15) is 63.0 Å². The molecule has 0 aromatic heterocycles. The smallest absolute Gasteiger partial charge is 0.158 e. The quantitative estimate of drug-likeness (QED) is 0.576. The van der Waals surface area contributed by atoms with Gasteiger partial charge in [0.2, 0.25) is 0 Å². The highest BCUT2D eigenvalue weighted by Crippen LogP contribution is 2.33. The van der Waals surface area contributed by atoms with Gasteiger partial charge in [-0.1, -0.05) is 24.6 Å². The number of benzene rings is 1. The summed E-state index contributed by atoms with van der Waals surface area (Å²) < 4.78 is 18.1. The summed E-state index contributed by atoms with van der Waals surface area (Å²) >= 11 is 0. The van der Waals surface area contributed by atoms with E-state index in [0.717, 1.165) is 50.0 Å². The van der Waals surface area contributed by atoms with E-state index in [9.17, 15) is 4.79 Å². The van der Waals surface area contributed by atoms with Crippen LogP contribution in [0.15, 0.2) is 24.3 Å². The molecule has 0 spiro atoms. The molecule has 27 heavy (non-hydrogen) atoms. The van der Waals surface area contributed by atoms with Gasteiger partial charge in [-0.3, -0.25) is 4.90 Å². The number of para-hydroxylation sites is 1. The van der Waals surface area contributed by atoms with Crippen molar-refractivity contribution in [1.82, 2.24) is 4.90 Å². The van der Waals surface area contributed by atoms with E-state index in [1.165, 1.54) is 32.4 Å². The molecule has 1 aromatic rings. The third-order valence-electron chi connectivity index (χ3n) is 5.38. The molecule has 0 saturated carbocycles. The molecule has 2 aliphatic heterocycles. The van der Waals surface area contributed by atoms with Gasteiger partial charge in [0.05, 0.1) is 6.10 Å². The molecule has 150 valence electrons. The van der Waals surface area contributed by atoms with E-state index in [-0.39, 0.29) is 12.4 Å². The van der Waals surface area contributed by atoms with Gasteiger partial charge in [0.15, 0.2) is 6.29 Å². The minimum absolute atomic E-state index is 0.176. The predicted octanol–water partition coefficient (Wildman–Crippen LogP) is 4.11. The fraction of sp³-hybridized carbons (Fsp3) is 0.682. The monoisotopic (exact) mass is 375 g/mol. The zero-order valence-electron chi connectivity index (χ0n) is 16.3. The van der Waals surface area contributed by atoms with Crippen LogP contribution < -0.4 is 4.74 Å². The normalized spacial score (nSPS) is 22.3. The summed E-state index contributed by atoms with van der Waals surface area (Å²) in [4.78, 5) is 13.4. The Morgan fingerprint density at radius 2 is 2.00 bits per heavy atom. The molecular formula is C22H33NO4. The number of likely N-dealkylation sites (tertiary alicyclic amines) is 1. The van der Waals surface area contributed by atoms with E-state index in [0.29, 0.717) is 19.4 Å². The number of aldehydes is 1. The van der Waals surface area contributed by atoms with Crippen LogP contribution in [0.2, 0.25) is 0 Å². The van der Waals surface area contributed by atoms with E-state index < -0.39 is 0 Å². The lowest BCUT2D eigenvalue weighted by Crippen LogP contribution is -2.33. The molecule has 0 amide bonds. The zero-order valence-corrected chi connectivity index (χ0v) is 16.3. The van der Waals surface area contributed by atoms with Crippen molar-refractivity contribution in [1.29, 1.82) is 0 Å². The first-order valence-electron chi connectivity index (χ1n) is 10.5. The molecule has 2 unspecified atom stereocenters. The number of rotatable bonds is 10. The van der Waals surface area contributed by atoms with Crippen LogP contribution in [0.5, 0.6) is 5.75 Å². The molecule has 2 heterocycles. The van der Waals surface area contributed by atoms with Crippen LogP contribution in [-0.4, -0.2) is 50.3 Å². The number of hydrogen-bond acceptors (Lipinski definition) is 5. The third-order valence-corrected chi connectivity index (χ3v) is 5.38. The number of hydrogen-bond donors (Lipinski definition) is 0. The lowest BCUT2D eigenvalue weighted by molar-refractivity contribution is -0.191. The highest BCUT2D eigenvalue weighted by atomic mass is 16.7. The summed E-state index contributed by atoms with van der Waals surface area (Å²) in [5, 5.41) is 0. The van der Waals surface area contributed by atoms with E-state index in [4.69, 9.17) is 14.2 Å². The maximum absolute atomic E-state index is 10.9. The SMILES string of the molecule is O=CCCC(OC1CCCCO1)c1ccccc1OCCN1CCCCC1. The first kappa shape index (κ1) is 20.3. The average Bonchev–Trinajstić information content (AvgIpc) is 2.73. The highest BCUT2D eigenvalue weighted by Gasteiger charge is 2.23. The Balaban J connectivity index is 1.61. The van der Waals surface area contributed by atoms with Crippen molar-refractivity contribution in [3.05, 3.63) is 29.8 Å². The number of carbonyl (C=O) groups excluding carboxylic acids is 1. The summed E-state index contributed by atoms with van der Waals surface area (Å²) in [7, 11) is 0. The highest BCUT2D eigenvalue weighted by molar-refractivity contribution is 5.49. The lowest BCUT2D eigenvalue weighted by Gasteiger charge is -2.29. The minimum Gasteiger partial charge on any atom is -0.492 e. The van der Waals surface area contributed by atoms with Gasteiger partial charge < -0.3 is 19.0 Å². The molecule has 2 saturated heterocycles. The molecular weight excluding hydrogens is 342 g/mol. The zero-order chi connectivity index (χ0) is 18.7. The van der Waals surface area contributed by atoms with Crippen molar-refractivity contribution in [2.24, 2.45) is 0 Å². The third kappa shape index (κ3) is 6.59. The number of carbonyl (C=O) groups is 1. The second kappa shape index (κ2) is 11.4. The molecule has 5 heteroatoms. The van der Waals surface area contributed by atoms with Crippen molar-refractivity contribution >= 4 is 6.29 Å². The molecule has 0 aliphatic carbocycles. The van der Waals surface area contributed by atoms with Crippen molar-refractivity contribution < 1.29 is 19.0 Å². The van der Waals surface area contributed by atoms with Gasteiger partial charge in [0.1, 0.15) is 18.6 Å². The molecule has 1 aromatic carbocycles. The van der Waals surface area contributed by atoms with Gasteiger partial charge in [-0.15, -0.1) is 0 Å². The Bertz CT molecular complexity index is 553. The van der Waals surface area contributed by atoms with Crippen LogP contribution in [0, 0.1) is 0 Å². The second-order valence-electron chi connectivity index (χ2n) is 7.45. The molecule has 5 nitrogen and oxygen atoms in total. The number of ether oxygens (including phenoxy) is 3. The number of nitrogens with zero attached hydrogens (tertiary/aromatic N) is 1. The summed E-state index contributed by atoms with van der Waals surface area (Å²) in [6.07, 6.45) is 8.77. The van der Waals surface area contributed by atoms with Crippen molar-refractivity contribution in [2.45, 2.75) is 63.8 Å². The predicted molar refractivity (Wildman–Crippen MR) is 105 cm³/mol. The Hall–Kier alpha value is -1.43. The van der Waals surface area contributed by atoms with Gasteiger partial charge in [-0.25, -0.2) is 0 Å². The van der Waals surface area contributed by atoms with Gasteiger partial charge in [0.25, 0.3) is 0 Å². The molecule has 2 fully saturated rings. The maximum atomic E-state index is 10.9. The van der Waals surface area contributed by atoms with E-state index in [2.05, 4.69) is 11.0 Å². The number of piperidine rings is 1. The Morgan fingerprint density at radius 3 is 2.78 bits per heavy atom. The first-order chi connectivity index (χ1) is 13.4. The van der Waals surface area contributed by atoms with Crippen molar-refractivity contribution in [3.8, 4) is 5.75 Å². The van der Waals surface area contributed by atoms with Gasteiger partial charge in [-0.2, -0.15) is 0 Å². The Kier molecular flexibility index (Phi) is 8.59. The molecule has 0 radical (unpaired) electrons. The lowest BCUT2D eigenvalue weighted by atomic mass is 10.0. The standard InChI is InChI=1S/C22H33NO4/c24-16-8-11-21(27-22-12-4-7-17-26-22)19-9-2-3-10-20(19)25-18-15-23-13-5-1-6-14-23/h2-3,9-10,16,21-22H,1,4-8,11-15,17-18H2. The molecule has 2 aliphatic rings.